The number of nitrogens with one attached hydrogen (secondary N) is 2. The van der Waals surface area contributed by atoms with Crippen LogP contribution < -0.4 is 5.32 Å². The van der Waals surface area contributed by atoms with Crippen LogP contribution in [-0.4, -0.2) is 17.2 Å². The highest BCUT2D eigenvalue weighted by molar-refractivity contribution is 6.31. The van der Waals surface area contributed by atoms with Gasteiger partial charge in [0.15, 0.2) is 0 Å². The average molecular weight is 409 g/mol. The number of rotatable bonds is 8. The number of aldehydes is 1. The molecule has 2 heterocycles. The van der Waals surface area contributed by atoms with Gasteiger partial charge >= 0.3 is 0 Å². The highest BCUT2D eigenvalue weighted by Crippen LogP contribution is 2.51. The molecular formula is C24H25ClN2O2. The Morgan fingerprint density at radius 2 is 1.93 bits per heavy atom. The number of H-pyrrole nitrogens is 1. The van der Waals surface area contributed by atoms with Crippen molar-refractivity contribution in [3.63, 3.8) is 0 Å². The highest BCUT2D eigenvalue weighted by Gasteiger charge is 2.54. The predicted octanol–water partition coefficient (Wildman–Crippen LogP) is 5.85. The number of benzene rings is 2. The molecule has 4 rings (SSSR count). The van der Waals surface area contributed by atoms with Crippen molar-refractivity contribution in [3.8, 4) is 0 Å². The third kappa shape index (κ3) is 3.16. The number of hydrogen-bond donors (Lipinski definition) is 2. The van der Waals surface area contributed by atoms with Gasteiger partial charge in [-0.15, -0.1) is 0 Å². The number of aromatic amines is 1. The molecule has 29 heavy (non-hydrogen) atoms. The van der Waals surface area contributed by atoms with E-state index in [1.54, 1.807) is 6.07 Å². The van der Waals surface area contributed by atoms with Crippen molar-refractivity contribution >= 4 is 40.4 Å². The minimum atomic E-state index is -1.09. The smallest absolute Gasteiger partial charge is 0.240 e. The monoisotopic (exact) mass is 408 g/mol. The van der Waals surface area contributed by atoms with Gasteiger partial charge in [0.05, 0.1) is 0 Å². The van der Waals surface area contributed by atoms with Crippen LogP contribution in [0.15, 0.2) is 48.7 Å². The molecule has 4 nitrogen and oxygen atoms in total. The van der Waals surface area contributed by atoms with Gasteiger partial charge in [0.25, 0.3) is 0 Å². The lowest BCUT2D eigenvalue weighted by molar-refractivity contribution is -0.125. The Morgan fingerprint density at radius 3 is 2.72 bits per heavy atom. The summed E-state index contributed by atoms with van der Waals surface area (Å²) in [4.78, 5) is 29.3. The summed E-state index contributed by atoms with van der Waals surface area (Å²) in [6.45, 7) is 2.16. The molecule has 0 spiro atoms. The summed E-state index contributed by atoms with van der Waals surface area (Å²) in [6, 6.07) is 13.3. The molecule has 2 N–H and O–H groups in total. The number of aromatic nitrogens is 1. The van der Waals surface area contributed by atoms with Crippen LogP contribution in [-0.2, 0) is 15.0 Å². The van der Waals surface area contributed by atoms with E-state index in [2.05, 4.69) is 17.2 Å². The summed E-state index contributed by atoms with van der Waals surface area (Å²) >= 11 is 6.34. The van der Waals surface area contributed by atoms with E-state index in [4.69, 9.17) is 11.6 Å². The van der Waals surface area contributed by atoms with Crippen molar-refractivity contribution in [2.45, 2.75) is 44.4 Å². The maximum atomic E-state index is 13.6. The first-order chi connectivity index (χ1) is 14.1. The van der Waals surface area contributed by atoms with Crippen LogP contribution in [0.4, 0.5) is 5.69 Å². The Labute approximate surface area is 175 Å². The Hall–Kier alpha value is -2.59. The van der Waals surface area contributed by atoms with Gasteiger partial charge in [-0.3, -0.25) is 4.79 Å². The summed E-state index contributed by atoms with van der Waals surface area (Å²) in [5.41, 5.74) is 2.20. The Balaban J connectivity index is 1.92. The third-order valence-corrected chi connectivity index (χ3v) is 6.35. The molecule has 5 heteroatoms. The number of para-hydroxylation sites is 1. The van der Waals surface area contributed by atoms with Gasteiger partial charge in [-0.25, -0.2) is 0 Å². The van der Waals surface area contributed by atoms with Crippen molar-refractivity contribution in [1.82, 2.24) is 4.98 Å². The van der Waals surface area contributed by atoms with Crippen LogP contribution in [0, 0.1) is 5.92 Å². The first-order valence-electron chi connectivity index (χ1n) is 10.3. The molecule has 0 radical (unpaired) electrons. The summed E-state index contributed by atoms with van der Waals surface area (Å²) in [6.07, 6.45) is 7.70. The summed E-state index contributed by atoms with van der Waals surface area (Å²) in [7, 11) is 0. The lowest BCUT2D eigenvalue weighted by Gasteiger charge is -2.33. The molecule has 150 valence electrons. The van der Waals surface area contributed by atoms with E-state index in [-0.39, 0.29) is 5.91 Å². The zero-order chi connectivity index (χ0) is 20.4. The number of anilines is 1. The van der Waals surface area contributed by atoms with E-state index in [1.165, 1.54) is 0 Å². The van der Waals surface area contributed by atoms with Gasteiger partial charge in [0.2, 0.25) is 5.91 Å². The van der Waals surface area contributed by atoms with Gasteiger partial charge < -0.3 is 15.1 Å². The maximum Gasteiger partial charge on any atom is 0.240 e. The van der Waals surface area contributed by atoms with Crippen LogP contribution in [0.3, 0.4) is 0 Å². The quantitative estimate of drug-likeness (QED) is 0.363. The van der Waals surface area contributed by atoms with Crippen molar-refractivity contribution in [1.29, 1.82) is 0 Å². The number of hydrogen-bond acceptors (Lipinski definition) is 2. The minimum absolute atomic E-state index is 0.160. The van der Waals surface area contributed by atoms with Crippen molar-refractivity contribution in [3.05, 3.63) is 64.8 Å². The van der Waals surface area contributed by atoms with Crippen LogP contribution in [0.2, 0.25) is 5.02 Å². The van der Waals surface area contributed by atoms with E-state index < -0.39 is 11.3 Å². The zero-order valence-corrected chi connectivity index (χ0v) is 17.3. The SMILES string of the molecule is CCCCCC[C@@H](C=O)[C@]1(c2c[nH]c3ccccc23)C(=O)Nc2ccc(Cl)cc21. The van der Waals surface area contributed by atoms with Gasteiger partial charge in [-0.1, -0.05) is 62.4 Å². The molecule has 0 saturated heterocycles. The largest absolute Gasteiger partial charge is 0.361 e. The molecular weight excluding hydrogens is 384 g/mol. The molecule has 0 fully saturated rings. The maximum absolute atomic E-state index is 13.6. The lowest BCUT2D eigenvalue weighted by atomic mass is 9.65. The molecule has 2 aromatic carbocycles. The Morgan fingerprint density at radius 1 is 1.10 bits per heavy atom. The number of unbranched alkanes of at least 4 members (excludes halogenated alkanes) is 3. The summed E-state index contributed by atoms with van der Waals surface area (Å²) in [5.74, 6) is -0.634. The molecule has 0 saturated carbocycles. The van der Waals surface area contributed by atoms with E-state index in [0.717, 1.165) is 59.7 Å². The lowest BCUT2D eigenvalue weighted by Crippen LogP contribution is -2.43. The molecule has 0 aliphatic carbocycles. The molecule has 1 amide bonds. The van der Waals surface area contributed by atoms with E-state index in [1.807, 2.05) is 42.6 Å². The first kappa shape index (κ1) is 19.7. The topological polar surface area (TPSA) is 62.0 Å². The number of amides is 1. The van der Waals surface area contributed by atoms with Crippen molar-refractivity contribution in [2.75, 3.05) is 5.32 Å². The second-order valence-corrected chi connectivity index (χ2v) is 8.23. The molecule has 1 aliphatic rings. The summed E-state index contributed by atoms with van der Waals surface area (Å²) in [5, 5.41) is 4.52. The second-order valence-electron chi connectivity index (χ2n) is 7.79. The fourth-order valence-corrected chi connectivity index (χ4v) is 4.88. The van der Waals surface area contributed by atoms with Crippen LogP contribution in [0.1, 0.15) is 50.2 Å². The summed E-state index contributed by atoms with van der Waals surface area (Å²) < 4.78 is 0. The van der Waals surface area contributed by atoms with Gasteiger partial charge in [-0.05, 0) is 41.8 Å². The molecule has 1 aliphatic heterocycles. The van der Waals surface area contributed by atoms with Crippen molar-refractivity contribution < 1.29 is 9.59 Å². The van der Waals surface area contributed by atoms with Gasteiger partial charge in [0.1, 0.15) is 11.7 Å². The molecule has 2 atom stereocenters. The Bertz CT molecular complexity index is 1060. The normalized spacial score (nSPS) is 19.2. The van der Waals surface area contributed by atoms with Crippen molar-refractivity contribution in [2.24, 2.45) is 5.92 Å². The highest BCUT2D eigenvalue weighted by atomic mass is 35.5. The molecule has 0 unspecified atom stereocenters. The minimum Gasteiger partial charge on any atom is -0.361 e. The standard InChI is InChI=1S/C24H25ClN2O2/c1-2-3-4-5-8-16(15-28)24(20-14-26-21-10-7-6-9-18(20)21)19-13-17(25)11-12-22(19)27-23(24)29/h6-7,9-16,26H,2-5,8H2,1H3,(H,27,29)/t16-,24-/m0/s1. The zero-order valence-electron chi connectivity index (χ0n) is 16.5. The van der Waals surface area contributed by atoms with Gasteiger partial charge in [0, 0.05) is 33.7 Å². The number of fused-ring (bicyclic) bond motifs is 2. The Kier molecular flexibility index (Phi) is 5.46. The fraction of sp³-hybridized carbons (Fsp3) is 0.333. The molecule has 3 aromatic rings. The first-order valence-corrected chi connectivity index (χ1v) is 10.6. The predicted molar refractivity (Wildman–Crippen MR) is 117 cm³/mol. The third-order valence-electron chi connectivity index (χ3n) is 6.12. The van der Waals surface area contributed by atoms with Crippen LogP contribution in [0.25, 0.3) is 10.9 Å². The average Bonchev–Trinajstić information content (AvgIpc) is 3.27. The fourth-order valence-electron chi connectivity index (χ4n) is 4.71. The number of carbonyl (C=O) groups is 2. The number of carbonyl (C=O) groups excluding carboxylic acids is 2. The molecule has 1 aromatic heterocycles. The van der Waals surface area contributed by atoms with Crippen LogP contribution >= 0.6 is 11.6 Å². The van der Waals surface area contributed by atoms with E-state index >= 15 is 0 Å². The molecule has 0 bridgehead atoms. The van der Waals surface area contributed by atoms with Gasteiger partial charge in [-0.2, -0.15) is 0 Å². The van der Waals surface area contributed by atoms with Crippen LogP contribution in [0.5, 0.6) is 0 Å². The second kappa shape index (κ2) is 8.03. The van der Waals surface area contributed by atoms with E-state index in [9.17, 15) is 9.59 Å². The number of halogens is 1. The van der Waals surface area contributed by atoms with E-state index in [0.29, 0.717) is 11.4 Å².